The van der Waals surface area contributed by atoms with Crippen LogP contribution in [0.3, 0.4) is 0 Å². The van der Waals surface area contributed by atoms with Gasteiger partial charge in [-0.25, -0.2) is 0 Å². The Balaban J connectivity index is 0.000000240. The summed E-state index contributed by atoms with van der Waals surface area (Å²) in [5.74, 6) is 0. The molecule has 6 nitrogen and oxygen atoms in total. The number of halogens is 2. The Kier molecular flexibility index (Phi) is 8.55. The van der Waals surface area contributed by atoms with Gasteiger partial charge in [-0.1, -0.05) is 35.4 Å². The highest BCUT2D eigenvalue weighted by atomic mass is 127. The third kappa shape index (κ3) is 6.55. The Bertz CT molecular complexity index is 785. The second-order valence-electron chi connectivity index (χ2n) is 4.66. The molecule has 2 aromatic carbocycles. The summed E-state index contributed by atoms with van der Waals surface area (Å²) in [6.07, 6.45) is 0. The van der Waals surface area contributed by atoms with Crippen LogP contribution < -0.4 is 0 Å². The molecule has 0 bridgehead atoms. The van der Waals surface area contributed by atoms with Gasteiger partial charge < -0.3 is 0 Å². The summed E-state index contributed by atoms with van der Waals surface area (Å²) in [6.45, 7) is 3.78. The Morgan fingerprint density at radius 2 is 0.875 bits per heavy atom. The molecule has 10 heteroatoms. The van der Waals surface area contributed by atoms with E-state index in [9.17, 15) is 16.8 Å². The van der Waals surface area contributed by atoms with Crippen molar-refractivity contribution in [3.63, 3.8) is 0 Å². The van der Waals surface area contributed by atoms with Crippen molar-refractivity contribution in [2.75, 3.05) is 0 Å². The summed E-state index contributed by atoms with van der Waals surface area (Å²) in [4.78, 5) is 0.366. The summed E-state index contributed by atoms with van der Waals surface area (Å²) in [5.41, 5.74) is 2.03. The maximum absolute atomic E-state index is 11.1. The van der Waals surface area contributed by atoms with Crippen LogP contribution in [0.4, 0.5) is 0 Å². The van der Waals surface area contributed by atoms with Gasteiger partial charge in [-0.3, -0.25) is 0 Å². The molecule has 0 fully saturated rings. The number of aryl methyl sites for hydroxylation is 2. The number of hydrogen-bond donors (Lipinski definition) is 0. The lowest BCUT2D eigenvalue weighted by atomic mass is 10.2. The number of rotatable bonds is 4. The fraction of sp³-hybridized carbons (Fsp3) is 0.143. The molecule has 0 aliphatic heterocycles. The van der Waals surface area contributed by atoms with E-state index in [-0.39, 0.29) is 9.79 Å². The second-order valence-corrected chi connectivity index (χ2v) is 9.83. The van der Waals surface area contributed by atoms with Gasteiger partial charge in [0.05, 0.1) is 9.79 Å². The highest BCUT2D eigenvalue weighted by Gasteiger charge is 2.13. The van der Waals surface area contributed by atoms with E-state index in [1.54, 1.807) is 24.3 Å². The lowest BCUT2D eigenvalue weighted by molar-refractivity contribution is 0.534. The predicted molar refractivity (Wildman–Crippen MR) is 107 cm³/mol. The molecule has 132 valence electrons. The zero-order chi connectivity index (χ0) is 18.4. The lowest BCUT2D eigenvalue weighted by Gasteiger charge is -1.98. The minimum Gasteiger partial charge on any atom is -0.195 e. The van der Waals surface area contributed by atoms with E-state index >= 15 is 0 Å². The van der Waals surface area contributed by atoms with Gasteiger partial charge in [0.15, 0.2) is 0 Å². The van der Waals surface area contributed by atoms with Crippen molar-refractivity contribution in [3.8, 4) is 0 Å². The van der Waals surface area contributed by atoms with E-state index < -0.39 is 20.2 Å². The fourth-order valence-electron chi connectivity index (χ4n) is 1.48. The molecular formula is C14H14I2O6S2. The molecule has 0 aliphatic rings. The van der Waals surface area contributed by atoms with Gasteiger partial charge in [-0.15, -0.1) is 0 Å². The quantitative estimate of drug-likeness (QED) is 0.495. The molecule has 0 aliphatic carbocycles. The number of benzene rings is 2. The van der Waals surface area contributed by atoms with Gasteiger partial charge in [0.25, 0.3) is 0 Å². The van der Waals surface area contributed by atoms with E-state index in [0.717, 1.165) is 11.1 Å². The van der Waals surface area contributed by atoms with Gasteiger partial charge >= 0.3 is 20.2 Å². The average molecular weight is 596 g/mol. The van der Waals surface area contributed by atoms with E-state index in [4.69, 9.17) is 0 Å². The Labute approximate surface area is 170 Å². The van der Waals surface area contributed by atoms with Crippen molar-refractivity contribution in [2.24, 2.45) is 0 Å². The molecule has 0 saturated carbocycles. The summed E-state index contributed by atoms with van der Waals surface area (Å²) in [6, 6.07) is 13.0. The summed E-state index contributed by atoms with van der Waals surface area (Å²) in [5, 5.41) is 0. The van der Waals surface area contributed by atoms with Crippen LogP contribution in [0, 0.1) is 13.8 Å². The third-order valence-corrected chi connectivity index (χ3v) is 7.66. The number of hydrogen-bond acceptors (Lipinski definition) is 6. The Morgan fingerprint density at radius 1 is 0.625 bits per heavy atom. The fourth-order valence-corrected chi connectivity index (χ4v) is 3.81. The van der Waals surface area contributed by atoms with Crippen molar-refractivity contribution >= 4 is 66.2 Å². The first-order valence-corrected chi connectivity index (χ1v) is 10.9. The molecule has 2 aromatic rings. The molecule has 2 rings (SSSR count). The molecule has 0 heterocycles. The maximum atomic E-state index is 11.1. The highest BCUT2D eigenvalue weighted by Crippen LogP contribution is 2.15. The molecule has 0 unspecified atom stereocenters. The van der Waals surface area contributed by atoms with Gasteiger partial charge in [0.1, 0.15) is 46.0 Å². The van der Waals surface area contributed by atoms with Crippen LogP contribution >= 0.6 is 46.0 Å². The molecule has 0 N–H and O–H groups in total. The van der Waals surface area contributed by atoms with Crippen molar-refractivity contribution in [3.05, 3.63) is 59.7 Å². The van der Waals surface area contributed by atoms with Crippen molar-refractivity contribution < 1.29 is 21.9 Å². The van der Waals surface area contributed by atoms with Gasteiger partial charge in [-0.2, -0.15) is 21.9 Å². The minimum absolute atomic E-state index is 0.183. The maximum Gasteiger partial charge on any atom is 0.306 e. The Morgan fingerprint density at radius 3 is 1.08 bits per heavy atom. The molecule has 0 saturated heterocycles. The summed E-state index contributed by atoms with van der Waals surface area (Å²) < 4.78 is 52.9. The molecule has 0 atom stereocenters. The topological polar surface area (TPSA) is 86.7 Å². The van der Waals surface area contributed by atoms with E-state index in [2.05, 4.69) is 5.03 Å². The Hall–Kier alpha value is -0.280. The SMILES string of the molecule is Cc1ccc(S(=O)(=O)OI)cc1.Cc1ccc(S(=O)(=O)OI)cc1. The van der Waals surface area contributed by atoms with Crippen LogP contribution in [-0.4, -0.2) is 16.8 Å². The van der Waals surface area contributed by atoms with E-state index in [0.29, 0.717) is 0 Å². The van der Waals surface area contributed by atoms with Crippen LogP contribution in [0.1, 0.15) is 11.1 Å². The zero-order valence-electron chi connectivity index (χ0n) is 12.6. The second kappa shape index (κ2) is 9.43. The molecule has 0 radical (unpaired) electrons. The first-order chi connectivity index (χ1) is 11.1. The van der Waals surface area contributed by atoms with Crippen LogP contribution in [0.5, 0.6) is 0 Å². The van der Waals surface area contributed by atoms with Gasteiger partial charge in [0, 0.05) is 0 Å². The molecule has 0 amide bonds. The minimum atomic E-state index is -3.53. The standard InChI is InChI=1S/2C7H7IO3S/c2*1-6-2-4-7(5-3-6)12(9,10)11-8/h2*2-5H,1H3. The zero-order valence-corrected chi connectivity index (χ0v) is 18.6. The van der Waals surface area contributed by atoms with Crippen LogP contribution in [0.15, 0.2) is 58.3 Å². The first kappa shape index (κ1) is 21.8. The molecule has 24 heavy (non-hydrogen) atoms. The lowest BCUT2D eigenvalue weighted by Crippen LogP contribution is -1.98. The van der Waals surface area contributed by atoms with Crippen LogP contribution in [0.25, 0.3) is 0 Å². The molecule has 0 aromatic heterocycles. The predicted octanol–water partition coefficient (Wildman–Crippen LogP) is 4.10. The average Bonchev–Trinajstić information content (AvgIpc) is 2.56. The summed E-state index contributed by atoms with van der Waals surface area (Å²) >= 11 is 2.71. The smallest absolute Gasteiger partial charge is 0.195 e. The highest BCUT2D eigenvalue weighted by molar-refractivity contribution is 14.1. The monoisotopic (exact) mass is 596 g/mol. The summed E-state index contributed by atoms with van der Waals surface area (Å²) in [7, 11) is -7.06. The van der Waals surface area contributed by atoms with Gasteiger partial charge in [-0.05, 0) is 38.1 Å². The van der Waals surface area contributed by atoms with E-state index in [1.165, 1.54) is 70.3 Å². The third-order valence-electron chi connectivity index (χ3n) is 2.79. The van der Waals surface area contributed by atoms with Crippen LogP contribution in [0.2, 0.25) is 0 Å². The normalized spacial score (nSPS) is 11.5. The van der Waals surface area contributed by atoms with E-state index in [1.807, 2.05) is 13.8 Å². The van der Waals surface area contributed by atoms with Gasteiger partial charge in [0.2, 0.25) is 0 Å². The molecule has 0 spiro atoms. The van der Waals surface area contributed by atoms with Crippen molar-refractivity contribution in [2.45, 2.75) is 23.6 Å². The largest absolute Gasteiger partial charge is 0.306 e. The van der Waals surface area contributed by atoms with Crippen molar-refractivity contribution in [1.82, 2.24) is 0 Å². The van der Waals surface area contributed by atoms with Crippen molar-refractivity contribution in [1.29, 1.82) is 0 Å². The van der Waals surface area contributed by atoms with Crippen LogP contribution in [-0.2, 0) is 25.3 Å². The first-order valence-electron chi connectivity index (χ1n) is 6.36. The molecular weight excluding hydrogens is 582 g/mol.